The van der Waals surface area contributed by atoms with E-state index in [4.69, 9.17) is 10.8 Å². The average Bonchev–Trinajstić information content (AvgIpc) is 2.25. The molecule has 90 valence electrons. The third-order valence-electron chi connectivity index (χ3n) is 2.00. The Morgan fingerprint density at radius 2 is 1.82 bits per heavy atom. The second-order valence-corrected chi connectivity index (χ2v) is 3.51. The van der Waals surface area contributed by atoms with E-state index in [1.807, 2.05) is 0 Å². The van der Waals surface area contributed by atoms with E-state index >= 15 is 0 Å². The minimum atomic E-state index is -4.41. The van der Waals surface area contributed by atoms with Crippen LogP contribution in [0.2, 0.25) is 0 Å². The van der Waals surface area contributed by atoms with Gasteiger partial charge in [0.25, 0.3) is 0 Å². The Balaban J connectivity index is 3.00. The van der Waals surface area contributed by atoms with Crippen molar-refractivity contribution in [1.82, 2.24) is 0 Å². The fourth-order valence-electron chi connectivity index (χ4n) is 1.17. The van der Waals surface area contributed by atoms with Crippen molar-refractivity contribution in [3.8, 4) is 0 Å². The van der Waals surface area contributed by atoms with Crippen LogP contribution < -0.4 is 0 Å². The Kier molecular flexibility index (Phi) is 3.83. The van der Waals surface area contributed by atoms with E-state index in [9.17, 15) is 13.2 Å². The summed E-state index contributed by atoms with van der Waals surface area (Å²) in [6.45, 7) is 1.52. The van der Waals surface area contributed by atoms with Crippen LogP contribution in [0.3, 0.4) is 0 Å². The molecular weight excluding hydrogens is 229 g/mol. The van der Waals surface area contributed by atoms with Gasteiger partial charge in [-0.1, -0.05) is 12.1 Å². The summed E-state index contributed by atoms with van der Waals surface area (Å²) >= 11 is 0. The van der Waals surface area contributed by atoms with Gasteiger partial charge in [0.1, 0.15) is 0 Å². The summed E-state index contributed by atoms with van der Waals surface area (Å²) in [5.41, 5.74) is -0.415. The second-order valence-electron chi connectivity index (χ2n) is 3.51. The lowest BCUT2D eigenvalue weighted by molar-refractivity contribution is -0.137. The maximum atomic E-state index is 12.4. The summed E-state index contributed by atoms with van der Waals surface area (Å²) in [4.78, 5) is 0. The van der Waals surface area contributed by atoms with Crippen molar-refractivity contribution in [2.24, 2.45) is 0 Å². The van der Waals surface area contributed by atoms with Gasteiger partial charge in [-0.25, -0.2) is 0 Å². The van der Waals surface area contributed by atoms with Crippen molar-refractivity contribution in [2.75, 3.05) is 0 Å². The fourth-order valence-corrected chi connectivity index (χ4v) is 1.17. The zero-order chi connectivity index (χ0) is 13.1. The summed E-state index contributed by atoms with van der Waals surface area (Å²) < 4.78 is 37.3. The van der Waals surface area contributed by atoms with E-state index in [1.165, 1.54) is 31.2 Å². The maximum Gasteiger partial charge on any atom is 0.416 e. The Hall–Kier alpha value is -1.91. The third kappa shape index (κ3) is 3.86. The van der Waals surface area contributed by atoms with Gasteiger partial charge in [-0.15, -0.1) is 0 Å². The molecular formula is C12H11F3N2. The summed E-state index contributed by atoms with van der Waals surface area (Å²) in [6, 6.07) is 4.58. The maximum absolute atomic E-state index is 12.4. The van der Waals surface area contributed by atoms with Crippen LogP contribution >= 0.6 is 0 Å². The minimum absolute atomic E-state index is 0.0531. The number of benzene rings is 1. The van der Waals surface area contributed by atoms with Gasteiger partial charge in [0.2, 0.25) is 0 Å². The van der Waals surface area contributed by atoms with Crippen LogP contribution in [0.25, 0.3) is 0 Å². The van der Waals surface area contributed by atoms with Gasteiger partial charge >= 0.3 is 6.18 Å². The monoisotopic (exact) mass is 240 g/mol. The quantitative estimate of drug-likeness (QED) is 0.757. The van der Waals surface area contributed by atoms with Crippen LogP contribution in [0.5, 0.6) is 0 Å². The minimum Gasteiger partial charge on any atom is -0.306 e. The largest absolute Gasteiger partial charge is 0.416 e. The molecule has 0 aromatic heterocycles. The smallest absolute Gasteiger partial charge is 0.306 e. The van der Waals surface area contributed by atoms with Crippen molar-refractivity contribution >= 4 is 11.4 Å². The SMILES string of the molecule is CC(=N)/C=C\C(=N)c1cccc(C(F)(F)F)c1. The molecule has 0 bridgehead atoms. The van der Waals surface area contributed by atoms with Gasteiger partial charge in [0.05, 0.1) is 11.3 Å². The molecule has 0 unspecified atom stereocenters. The molecule has 1 aromatic carbocycles. The zero-order valence-corrected chi connectivity index (χ0v) is 9.10. The first-order valence-electron chi connectivity index (χ1n) is 4.80. The highest BCUT2D eigenvalue weighted by Crippen LogP contribution is 2.29. The lowest BCUT2D eigenvalue weighted by Gasteiger charge is -2.07. The molecule has 1 rings (SSSR count). The first-order valence-corrected chi connectivity index (χ1v) is 4.80. The average molecular weight is 240 g/mol. The lowest BCUT2D eigenvalue weighted by Crippen LogP contribution is -2.06. The third-order valence-corrected chi connectivity index (χ3v) is 2.00. The van der Waals surface area contributed by atoms with E-state index < -0.39 is 11.7 Å². The van der Waals surface area contributed by atoms with Crippen LogP contribution in [0, 0.1) is 10.8 Å². The van der Waals surface area contributed by atoms with E-state index in [0.717, 1.165) is 12.1 Å². The second kappa shape index (κ2) is 4.95. The summed E-state index contributed by atoms with van der Waals surface area (Å²) in [7, 11) is 0. The number of allylic oxidation sites excluding steroid dienone is 2. The Labute approximate surface area is 96.8 Å². The van der Waals surface area contributed by atoms with Gasteiger partial charge in [0, 0.05) is 5.71 Å². The molecule has 17 heavy (non-hydrogen) atoms. The molecule has 0 spiro atoms. The van der Waals surface area contributed by atoms with Crippen LogP contribution in [-0.2, 0) is 6.18 Å². The van der Waals surface area contributed by atoms with Crippen molar-refractivity contribution in [3.05, 3.63) is 47.5 Å². The number of nitrogens with one attached hydrogen (secondary N) is 2. The summed E-state index contributed by atoms with van der Waals surface area (Å²) in [6.07, 6.45) is -1.74. The van der Waals surface area contributed by atoms with Crippen molar-refractivity contribution in [2.45, 2.75) is 13.1 Å². The molecule has 0 aliphatic heterocycles. The first-order chi connectivity index (χ1) is 7.80. The molecule has 5 heteroatoms. The molecule has 2 nitrogen and oxygen atoms in total. The van der Waals surface area contributed by atoms with Gasteiger partial charge in [-0.2, -0.15) is 13.2 Å². The van der Waals surface area contributed by atoms with E-state index in [1.54, 1.807) is 0 Å². The molecule has 0 aliphatic carbocycles. The van der Waals surface area contributed by atoms with Crippen LogP contribution in [0.1, 0.15) is 18.1 Å². The van der Waals surface area contributed by atoms with E-state index in [2.05, 4.69) is 0 Å². The van der Waals surface area contributed by atoms with Crippen molar-refractivity contribution in [3.63, 3.8) is 0 Å². The molecule has 0 radical (unpaired) electrons. The van der Waals surface area contributed by atoms with Crippen molar-refractivity contribution in [1.29, 1.82) is 10.8 Å². The van der Waals surface area contributed by atoms with Gasteiger partial charge in [0.15, 0.2) is 0 Å². The Morgan fingerprint density at radius 3 is 2.35 bits per heavy atom. The van der Waals surface area contributed by atoms with Crippen LogP contribution in [-0.4, -0.2) is 11.4 Å². The molecule has 0 saturated carbocycles. The number of alkyl halides is 3. The predicted molar refractivity (Wildman–Crippen MR) is 60.8 cm³/mol. The Bertz CT molecular complexity index is 473. The molecule has 2 N–H and O–H groups in total. The van der Waals surface area contributed by atoms with Gasteiger partial charge < -0.3 is 10.8 Å². The number of hydrogen-bond acceptors (Lipinski definition) is 2. The highest BCUT2D eigenvalue weighted by molar-refractivity contribution is 6.09. The number of rotatable bonds is 3. The van der Waals surface area contributed by atoms with Gasteiger partial charge in [-0.3, -0.25) is 0 Å². The van der Waals surface area contributed by atoms with E-state index in [-0.39, 0.29) is 17.0 Å². The topological polar surface area (TPSA) is 47.7 Å². The summed E-state index contributed by atoms with van der Waals surface area (Å²) in [5, 5.41) is 14.7. The molecule has 0 saturated heterocycles. The molecule has 0 atom stereocenters. The normalized spacial score (nSPS) is 11.8. The molecule has 0 amide bonds. The molecule has 0 aliphatic rings. The highest BCUT2D eigenvalue weighted by Gasteiger charge is 2.30. The molecule has 1 aromatic rings. The first kappa shape index (κ1) is 13.2. The van der Waals surface area contributed by atoms with Gasteiger partial charge in [-0.05, 0) is 36.8 Å². The van der Waals surface area contributed by atoms with Crippen LogP contribution in [0.15, 0.2) is 36.4 Å². The zero-order valence-electron chi connectivity index (χ0n) is 9.10. The fraction of sp³-hybridized carbons (Fsp3) is 0.167. The number of halogens is 3. The highest BCUT2D eigenvalue weighted by atomic mass is 19.4. The molecule has 0 fully saturated rings. The van der Waals surface area contributed by atoms with E-state index in [0.29, 0.717) is 0 Å². The van der Waals surface area contributed by atoms with Crippen LogP contribution in [0.4, 0.5) is 13.2 Å². The molecule has 0 heterocycles. The Morgan fingerprint density at radius 1 is 1.18 bits per heavy atom. The van der Waals surface area contributed by atoms with Crippen molar-refractivity contribution < 1.29 is 13.2 Å². The standard InChI is InChI=1S/C12H11F3N2/c1-8(16)5-6-11(17)9-3-2-4-10(7-9)12(13,14)15/h2-7,16-17H,1H3/b6-5-,16-8?,17-11?. The summed E-state index contributed by atoms with van der Waals surface area (Å²) in [5.74, 6) is 0. The predicted octanol–water partition coefficient (Wildman–Crippen LogP) is 3.67. The lowest BCUT2D eigenvalue weighted by atomic mass is 10.1. The number of hydrogen-bond donors (Lipinski definition) is 2.